The van der Waals surface area contributed by atoms with Crippen LogP contribution in [0.2, 0.25) is 0 Å². The minimum atomic E-state index is 0.668. The van der Waals surface area contributed by atoms with Crippen molar-refractivity contribution in [1.82, 2.24) is 0 Å². The van der Waals surface area contributed by atoms with E-state index in [1.807, 2.05) is 22.7 Å². The van der Waals surface area contributed by atoms with Crippen LogP contribution in [0.5, 0.6) is 0 Å². The van der Waals surface area contributed by atoms with Gasteiger partial charge in [-0.15, -0.1) is 0 Å². The van der Waals surface area contributed by atoms with Gasteiger partial charge in [-0.05, 0) is 0 Å². The molecule has 60 valence electrons. The standard InChI is InChI=1S/2C4H3S.Pd/c2*1-2-4-5-3-1;/h2*1-3H;. The van der Waals surface area contributed by atoms with Crippen molar-refractivity contribution in [3.63, 3.8) is 0 Å². The number of hydrogen-bond acceptors (Lipinski definition) is 2. The van der Waals surface area contributed by atoms with Crippen molar-refractivity contribution in [3.8, 4) is 0 Å². The number of hydrogen-bond donors (Lipinski definition) is 0. The Balaban J connectivity index is 2.14. The van der Waals surface area contributed by atoms with E-state index in [-0.39, 0.29) is 0 Å². The Bertz CT molecular complexity index is 264. The SMILES string of the molecule is c1cs[c]([Pd][c]2cccs2)c1. The molecule has 0 radical (unpaired) electrons. The molecule has 0 bridgehead atoms. The third-order valence-corrected chi connectivity index (χ3v) is 5.52. The maximum absolute atomic E-state index is 2.21. The number of rotatable bonds is 2. The van der Waals surface area contributed by atoms with Crippen LogP contribution in [0.3, 0.4) is 0 Å². The van der Waals surface area contributed by atoms with Gasteiger partial charge in [-0.25, -0.2) is 0 Å². The van der Waals surface area contributed by atoms with Crippen molar-refractivity contribution >= 4 is 29.4 Å². The van der Waals surface area contributed by atoms with Crippen molar-refractivity contribution in [2.75, 3.05) is 0 Å². The predicted molar refractivity (Wildman–Crippen MR) is 47.9 cm³/mol. The molecule has 0 atom stereocenters. The summed E-state index contributed by atoms with van der Waals surface area (Å²) >= 11 is 4.37. The van der Waals surface area contributed by atoms with Crippen LogP contribution >= 0.6 is 22.7 Å². The molecule has 0 unspecified atom stereocenters. The van der Waals surface area contributed by atoms with Crippen molar-refractivity contribution in [1.29, 1.82) is 0 Å². The molecule has 0 spiro atoms. The average Bonchev–Trinajstić information content (AvgIpc) is 2.60. The summed E-state index contributed by atoms with van der Waals surface area (Å²) in [5.41, 5.74) is 0. The van der Waals surface area contributed by atoms with Crippen LogP contribution in [0.1, 0.15) is 0 Å². The molecule has 0 saturated carbocycles. The fourth-order valence-electron chi connectivity index (χ4n) is 0.663. The normalized spacial score (nSPS) is 10.5. The van der Waals surface area contributed by atoms with E-state index in [4.69, 9.17) is 0 Å². The Morgan fingerprint density at radius 3 is 1.82 bits per heavy atom. The van der Waals surface area contributed by atoms with Crippen LogP contribution in [0.4, 0.5) is 0 Å². The Kier molecular flexibility index (Phi) is 2.55. The van der Waals surface area contributed by atoms with E-state index < -0.39 is 0 Å². The zero-order chi connectivity index (χ0) is 7.52. The third-order valence-electron chi connectivity index (χ3n) is 1.09. The Morgan fingerprint density at radius 1 is 0.909 bits per heavy atom. The first-order valence-electron chi connectivity index (χ1n) is 3.11. The molecule has 0 N–H and O–H groups in total. The van der Waals surface area contributed by atoms with E-state index in [2.05, 4.69) is 35.0 Å². The molecule has 0 aromatic carbocycles. The molecule has 0 saturated heterocycles. The summed E-state index contributed by atoms with van der Waals surface area (Å²) in [7, 11) is 0. The molecule has 11 heavy (non-hydrogen) atoms. The van der Waals surface area contributed by atoms with Crippen molar-refractivity contribution in [2.45, 2.75) is 0 Å². The van der Waals surface area contributed by atoms with E-state index in [9.17, 15) is 0 Å². The van der Waals surface area contributed by atoms with Gasteiger partial charge in [-0.2, -0.15) is 0 Å². The first-order chi connectivity index (χ1) is 5.45. The monoisotopic (exact) mass is 272 g/mol. The van der Waals surface area contributed by atoms with Gasteiger partial charge in [-0.1, -0.05) is 0 Å². The first-order valence-corrected chi connectivity index (χ1v) is 6.42. The number of thiophene rings is 2. The van der Waals surface area contributed by atoms with Gasteiger partial charge in [0.25, 0.3) is 0 Å². The fourth-order valence-corrected chi connectivity index (χ4v) is 4.79. The topological polar surface area (TPSA) is 0 Å². The Labute approximate surface area is 82.1 Å². The summed E-state index contributed by atoms with van der Waals surface area (Å²) in [6.45, 7) is 0. The van der Waals surface area contributed by atoms with Crippen LogP contribution in [0, 0.1) is 0 Å². The molecular weight excluding hydrogens is 267 g/mol. The molecule has 0 amide bonds. The van der Waals surface area contributed by atoms with Crippen molar-refractivity contribution in [3.05, 3.63) is 35.0 Å². The molecule has 2 aromatic heterocycles. The van der Waals surface area contributed by atoms with E-state index in [0.29, 0.717) is 18.0 Å². The van der Waals surface area contributed by atoms with Gasteiger partial charge in [0.1, 0.15) is 0 Å². The Morgan fingerprint density at radius 2 is 1.45 bits per heavy atom. The second kappa shape index (κ2) is 3.64. The first kappa shape index (κ1) is 7.70. The summed E-state index contributed by atoms with van der Waals surface area (Å²) in [5, 5.41) is 4.28. The van der Waals surface area contributed by atoms with Gasteiger partial charge < -0.3 is 0 Å². The second-order valence-electron chi connectivity index (χ2n) is 1.85. The molecule has 0 aliphatic carbocycles. The molecule has 0 fully saturated rings. The predicted octanol–water partition coefficient (Wildman–Crippen LogP) is 1.84. The summed E-state index contributed by atoms with van der Waals surface area (Å²) in [4.78, 5) is 0. The van der Waals surface area contributed by atoms with E-state index in [1.165, 1.54) is 6.70 Å². The van der Waals surface area contributed by atoms with Crippen LogP contribution in [0.15, 0.2) is 35.0 Å². The van der Waals surface area contributed by atoms with Gasteiger partial charge in [-0.3, -0.25) is 0 Å². The van der Waals surface area contributed by atoms with Crippen LogP contribution in [0.25, 0.3) is 0 Å². The molecule has 2 heterocycles. The third kappa shape index (κ3) is 2.00. The average molecular weight is 273 g/mol. The summed E-state index contributed by atoms with van der Waals surface area (Å²) in [5.74, 6) is 0. The molecule has 0 aliphatic rings. The van der Waals surface area contributed by atoms with Gasteiger partial charge in [0.15, 0.2) is 0 Å². The molecular formula is C8H6PdS2. The van der Waals surface area contributed by atoms with E-state index in [0.717, 1.165) is 0 Å². The molecule has 2 aromatic rings. The second-order valence-corrected chi connectivity index (χ2v) is 6.79. The van der Waals surface area contributed by atoms with Crippen molar-refractivity contribution < 1.29 is 18.0 Å². The summed E-state index contributed by atoms with van der Waals surface area (Å²) < 4.78 is 3.00. The Hall–Kier alpha value is 0.0623. The molecule has 0 nitrogen and oxygen atoms in total. The van der Waals surface area contributed by atoms with Gasteiger partial charge >= 0.3 is 82.4 Å². The van der Waals surface area contributed by atoms with Gasteiger partial charge in [0.2, 0.25) is 0 Å². The zero-order valence-corrected chi connectivity index (χ0v) is 8.78. The van der Waals surface area contributed by atoms with Crippen molar-refractivity contribution in [2.24, 2.45) is 0 Å². The zero-order valence-electron chi connectivity index (χ0n) is 5.60. The van der Waals surface area contributed by atoms with E-state index >= 15 is 0 Å². The molecule has 2 rings (SSSR count). The quantitative estimate of drug-likeness (QED) is 0.732. The molecule has 3 heteroatoms. The van der Waals surface area contributed by atoms with E-state index in [1.54, 1.807) is 0 Å². The maximum atomic E-state index is 2.21. The summed E-state index contributed by atoms with van der Waals surface area (Å²) in [6.07, 6.45) is 0. The molecule has 0 aliphatic heterocycles. The van der Waals surface area contributed by atoms with Crippen LogP contribution in [-0.4, -0.2) is 0 Å². The van der Waals surface area contributed by atoms with Crippen LogP contribution in [-0.2, 0) is 18.0 Å². The summed E-state index contributed by atoms with van der Waals surface area (Å²) in [6, 6.07) is 8.65. The van der Waals surface area contributed by atoms with Gasteiger partial charge in [0.05, 0.1) is 0 Å². The van der Waals surface area contributed by atoms with Gasteiger partial charge in [0, 0.05) is 0 Å². The van der Waals surface area contributed by atoms with Crippen LogP contribution < -0.4 is 6.70 Å². The minimum absolute atomic E-state index is 0.668. The fraction of sp³-hybridized carbons (Fsp3) is 0.